The summed E-state index contributed by atoms with van der Waals surface area (Å²) in [7, 11) is 1.65. The first-order chi connectivity index (χ1) is 7.50. The number of amides is 1. The van der Waals surface area contributed by atoms with Crippen molar-refractivity contribution in [3.63, 3.8) is 0 Å². The summed E-state index contributed by atoms with van der Waals surface area (Å²) < 4.78 is 0. The maximum Gasteiger partial charge on any atom is 0.273 e. The molecule has 0 aliphatic heterocycles. The SMILES string of the molecule is CC(O)CCN(C)C(=O)c1cncc(N)n1. The summed E-state index contributed by atoms with van der Waals surface area (Å²) in [6.45, 7) is 2.14. The Morgan fingerprint density at radius 2 is 2.31 bits per heavy atom. The number of hydrogen-bond acceptors (Lipinski definition) is 5. The molecular formula is C10H16N4O2. The third-order valence-corrected chi connectivity index (χ3v) is 2.10. The van der Waals surface area contributed by atoms with Gasteiger partial charge in [0.2, 0.25) is 0 Å². The number of nitrogen functional groups attached to an aromatic ring is 1. The molecule has 0 aliphatic carbocycles. The largest absolute Gasteiger partial charge is 0.393 e. The quantitative estimate of drug-likeness (QED) is 0.745. The minimum absolute atomic E-state index is 0.216. The average molecular weight is 224 g/mol. The Kier molecular flexibility index (Phi) is 4.19. The normalized spacial score (nSPS) is 12.2. The monoisotopic (exact) mass is 224 g/mol. The highest BCUT2D eigenvalue weighted by molar-refractivity contribution is 5.92. The summed E-state index contributed by atoms with van der Waals surface area (Å²) in [4.78, 5) is 21.0. The van der Waals surface area contributed by atoms with Crippen LogP contribution in [0.5, 0.6) is 0 Å². The van der Waals surface area contributed by atoms with Crippen molar-refractivity contribution in [2.45, 2.75) is 19.4 Å². The van der Waals surface area contributed by atoms with Gasteiger partial charge in [-0.2, -0.15) is 0 Å². The summed E-state index contributed by atoms with van der Waals surface area (Å²) in [6, 6.07) is 0. The first-order valence-corrected chi connectivity index (χ1v) is 5.01. The molecule has 1 heterocycles. The van der Waals surface area contributed by atoms with Gasteiger partial charge < -0.3 is 15.7 Å². The predicted octanol–water partition coefficient (Wildman–Crippen LogP) is -0.0983. The lowest BCUT2D eigenvalue weighted by Gasteiger charge is -2.17. The van der Waals surface area contributed by atoms with Crippen LogP contribution in [0.15, 0.2) is 12.4 Å². The van der Waals surface area contributed by atoms with E-state index in [-0.39, 0.29) is 17.4 Å². The van der Waals surface area contributed by atoms with Crippen LogP contribution in [-0.2, 0) is 0 Å². The average Bonchev–Trinajstić information content (AvgIpc) is 2.24. The molecular weight excluding hydrogens is 208 g/mol. The fraction of sp³-hybridized carbons (Fsp3) is 0.500. The van der Waals surface area contributed by atoms with Crippen LogP contribution in [0.4, 0.5) is 5.82 Å². The van der Waals surface area contributed by atoms with Crippen LogP contribution in [0.1, 0.15) is 23.8 Å². The number of anilines is 1. The van der Waals surface area contributed by atoms with E-state index in [9.17, 15) is 4.79 Å². The van der Waals surface area contributed by atoms with Crippen LogP contribution < -0.4 is 5.73 Å². The number of aromatic nitrogens is 2. The van der Waals surface area contributed by atoms with Crippen molar-refractivity contribution in [2.75, 3.05) is 19.3 Å². The lowest BCUT2D eigenvalue weighted by atomic mass is 10.2. The van der Waals surface area contributed by atoms with Crippen LogP contribution in [0.3, 0.4) is 0 Å². The standard InChI is InChI=1S/C10H16N4O2/c1-7(15)3-4-14(2)10(16)8-5-12-6-9(11)13-8/h5-7,15H,3-4H2,1-2H3,(H2,11,13). The van der Waals surface area contributed by atoms with Gasteiger partial charge in [0.1, 0.15) is 11.5 Å². The van der Waals surface area contributed by atoms with Crippen molar-refractivity contribution in [1.82, 2.24) is 14.9 Å². The number of rotatable bonds is 4. The highest BCUT2D eigenvalue weighted by Gasteiger charge is 2.14. The Morgan fingerprint density at radius 3 is 2.88 bits per heavy atom. The van der Waals surface area contributed by atoms with E-state index in [1.165, 1.54) is 17.3 Å². The molecule has 88 valence electrons. The lowest BCUT2D eigenvalue weighted by molar-refractivity contribution is 0.0763. The molecule has 1 atom stereocenters. The van der Waals surface area contributed by atoms with E-state index >= 15 is 0 Å². The van der Waals surface area contributed by atoms with Crippen LogP contribution in [0.2, 0.25) is 0 Å². The number of hydrogen-bond donors (Lipinski definition) is 2. The molecule has 0 spiro atoms. The second kappa shape index (κ2) is 5.41. The van der Waals surface area contributed by atoms with Crippen molar-refractivity contribution in [3.05, 3.63) is 18.1 Å². The number of nitrogens with zero attached hydrogens (tertiary/aromatic N) is 3. The molecule has 0 saturated heterocycles. The van der Waals surface area contributed by atoms with E-state index in [1.54, 1.807) is 14.0 Å². The van der Waals surface area contributed by atoms with Gasteiger partial charge in [-0.15, -0.1) is 0 Å². The highest BCUT2D eigenvalue weighted by atomic mass is 16.3. The van der Waals surface area contributed by atoms with Crippen LogP contribution >= 0.6 is 0 Å². The van der Waals surface area contributed by atoms with Crippen LogP contribution in [0.25, 0.3) is 0 Å². The molecule has 3 N–H and O–H groups in total. The Balaban J connectivity index is 2.63. The molecule has 0 radical (unpaired) electrons. The zero-order chi connectivity index (χ0) is 12.1. The first kappa shape index (κ1) is 12.4. The number of nitrogens with two attached hydrogens (primary N) is 1. The Labute approximate surface area is 94.1 Å². The molecule has 6 heteroatoms. The van der Waals surface area contributed by atoms with E-state index < -0.39 is 6.10 Å². The van der Waals surface area contributed by atoms with Gasteiger partial charge in [0, 0.05) is 13.6 Å². The summed E-state index contributed by atoms with van der Waals surface area (Å²) in [5.41, 5.74) is 5.65. The second-order valence-electron chi connectivity index (χ2n) is 3.69. The lowest BCUT2D eigenvalue weighted by Crippen LogP contribution is -2.30. The van der Waals surface area contributed by atoms with Gasteiger partial charge in [0.25, 0.3) is 5.91 Å². The van der Waals surface area contributed by atoms with E-state index in [0.717, 1.165) is 0 Å². The van der Waals surface area contributed by atoms with E-state index in [4.69, 9.17) is 10.8 Å². The van der Waals surface area contributed by atoms with Crippen molar-refractivity contribution in [2.24, 2.45) is 0 Å². The third kappa shape index (κ3) is 3.47. The Hall–Kier alpha value is -1.69. The van der Waals surface area contributed by atoms with Gasteiger partial charge in [0.05, 0.1) is 18.5 Å². The number of carbonyl (C=O) groups excluding carboxylic acids is 1. The highest BCUT2D eigenvalue weighted by Crippen LogP contribution is 2.02. The number of carbonyl (C=O) groups is 1. The van der Waals surface area contributed by atoms with Gasteiger partial charge in [-0.05, 0) is 13.3 Å². The van der Waals surface area contributed by atoms with Crippen molar-refractivity contribution in [3.8, 4) is 0 Å². The molecule has 0 bridgehead atoms. The zero-order valence-corrected chi connectivity index (χ0v) is 9.42. The Morgan fingerprint density at radius 1 is 1.62 bits per heavy atom. The molecule has 1 unspecified atom stereocenters. The topological polar surface area (TPSA) is 92.3 Å². The molecule has 0 saturated carbocycles. The van der Waals surface area contributed by atoms with E-state index in [1.807, 2.05) is 0 Å². The van der Waals surface area contributed by atoms with Crippen LogP contribution in [-0.4, -0.2) is 45.6 Å². The maximum absolute atomic E-state index is 11.8. The van der Waals surface area contributed by atoms with Gasteiger partial charge in [-0.3, -0.25) is 9.78 Å². The summed E-state index contributed by atoms with van der Waals surface area (Å²) in [5.74, 6) is -0.0322. The molecule has 1 aromatic heterocycles. The summed E-state index contributed by atoms with van der Waals surface area (Å²) in [6.07, 6.45) is 2.85. The minimum atomic E-state index is -0.429. The molecule has 1 aromatic rings. The molecule has 0 aromatic carbocycles. The molecule has 6 nitrogen and oxygen atoms in total. The summed E-state index contributed by atoms with van der Waals surface area (Å²) >= 11 is 0. The molecule has 0 aliphatic rings. The molecule has 16 heavy (non-hydrogen) atoms. The smallest absolute Gasteiger partial charge is 0.273 e. The van der Waals surface area contributed by atoms with Crippen molar-refractivity contribution < 1.29 is 9.90 Å². The van der Waals surface area contributed by atoms with Crippen molar-refractivity contribution >= 4 is 11.7 Å². The fourth-order valence-electron chi connectivity index (χ4n) is 1.16. The van der Waals surface area contributed by atoms with Crippen LogP contribution in [0, 0.1) is 0 Å². The molecule has 0 fully saturated rings. The third-order valence-electron chi connectivity index (χ3n) is 2.10. The van der Waals surface area contributed by atoms with E-state index in [2.05, 4.69) is 9.97 Å². The zero-order valence-electron chi connectivity index (χ0n) is 9.42. The van der Waals surface area contributed by atoms with E-state index in [0.29, 0.717) is 13.0 Å². The number of aliphatic hydroxyl groups is 1. The Bertz CT molecular complexity index is 368. The van der Waals surface area contributed by atoms with Gasteiger partial charge in [-0.25, -0.2) is 4.98 Å². The van der Waals surface area contributed by atoms with Gasteiger partial charge in [0.15, 0.2) is 0 Å². The van der Waals surface area contributed by atoms with Gasteiger partial charge in [-0.1, -0.05) is 0 Å². The fourth-order valence-corrected chi connectivity index (χ4v) is 1.16. The summed E-state index contributed by atoms with van der Waals surface area (Å²) in [5, 5.41) is 9.11. The van der Waals surface area contributed by atoms with Gasteiger partial charge >= 0.3 is 0 Å². The second-order valence-corrected chi connectivity index (χ2v) is 3.69. The molecule has 1 amide bonds. The first-order valence-electron chi connectivity index (χ1n) is 5.01. The molecule has 1 rings (SSSR count). The minimum Gasteiger partial charge on any atom is -0.393 e. The maximum atomic E-state index is 11.8. The van der Waals surface area contributed by atoms with Crippen molar-refractivity contribution in [1.29, 1.82) is 0 Å². The number of aliphatic hydroxyl groups excluding tert-OH is 1. The predicted molar refractivity (Wildman–Crippen MR) is 59.7 cm³/mol.